The fraction of sp³-hybridized carbons (Fsp3) is 0.346. The van der Waals surface area contributed by atoms with Gasteiger partial charge in [0.05, 0.1) is 18.2 Å². The normalized spacial score (nSPS) is 15.2. The average molecular weight is 437 g/mol. The van der Waals surface area contributed by atoms with Crippen LogP contribution in [0.5, 0.6) is 23.0 Å². The Labute approximate surface area is 186 Å². The molecule has 2 aromatic carbocycles. The van der Waals surface area contributed by atoms with Crippen LogP contribution in [0.3, 0.4) is 0 Å². The molecule has 0 saturated heterocycles. The molecule has 0 saturated carbocycles. The predicted octanol–water partition coefficient (Wildman–Crippen LogP) is 5.65. The van der Waals surface area contributed by atoms with E-state index in [1.54, 1.807) is 18.2 Å². The molecule has 6 heteroatoms. The van der Waals surface area contributed by atoms with Crippen molar-refractivity contribution in [3.8, 4) is 34.3 Å². The molecule has 1 aliphatic heterocycles. The highest BCUT2D eigenvalue weighted by Crippen LogP contribution is 2.43. The maximum atomic E-state index is 13.7. The second-order valence-corrected chi connectivity index (χ2v) is 9.10. The summed E-state index contributed by atoms with van der Waals surface area (Å²) < 4.78 is 17.8. The van der Waals surface area contributed by atoms with Gasteiger partial charge in [-0.05, 0) is 44.7 Å². The van der Waals surface area contributed by atoms with Crippen molar-refractivity contribution in [3.63, 3.8) is 0 Å². The SMILES string of the molecule is COc1cc2oc3c(c(=O)c2c(O)c1C=CC(C)C)CCC(C)(C)Oc1cc(O)ccc1-3. The molecule has 0 atom stereocenters. The fourth-order valence-electron chi connectivity index (χ4n) is 3.98. The van der Waals surface area contributed by atoms with Gasteiger partial charge in [0.2, 0.25) is 0 Å². The Kier molecular flexibility index (Phi) is 5.41. The Balaban J connectivity index is 2.06. The Bertz CT molecular complexity index is 1280. The number of phenolic OH excluding ortho intramolecular Hbond substituents is 2. The van der Waals surface area contributed by atoms with Crippen LogP contribution in [0, 0.1) is 5.92 Å². The van der Waals surface area contributed by atoms with Crippen LogP contribution in [0.1, 0.15) is 45.2 Å². The predicted molar refractivity (Wildman–Crippen MR) is 125 cm³/mol. The van der Waals surface area contributed by atoms with E-state index in [2.05, 4.69) is 0 Å². The lowest BCUT2D eigenvalue weighted by Gasteiger charge is -2.30. The minimum atomic E-state index is -0.561. The van der Waals surface area contributed by atoms with E-state index in [9.17, 15) is 15.0 Å². The molecule has 0 bridgehead atoms. The molecule has 1 aliphatic rings. The van der Waals surface area contributed by atoms with E-state index < -0.39 is 5.60 Å². The first-order valence-electron chi connectivity index (χ1n) is 10.7. The number of rotatable bonds is 3. The van der Waals surface area contributed by atoms with Crippen LogP contribution in [0.15, 0.2) is 39.6 Å². The largest absolute Gasteiger partial charge is 0.508 e. The maximum absolute atomic E-state index is 13.7. The summed E-state index contributed by atoms with van der Waals surface area (Å²) in [4.78, 5) is 13.7. The fourth-order valence-corrected chi connectivity index (χ4v) is 3.98. The van der Waals surface area contributed by atoms with Crippen molar-refractivity contribution in [2.75, 3.05) is 7.11 Å². The summed E-state index contributed by atoms with van der Waals surface area (Å²) in [7, 11) is 1.51. The third kappa shape index (κ3) is 3.81. The smallest absolute Gasteiger partial charge is 0.200 e. The number of phenols is 2. The number of allylic oxidation sites excluding steroid dienone is 1. The number of fused-ring (bicyclic) bond motifs is 4. The summed E-state index contributed by atoms with van der Waals surface area (Å²) in [6.07, 6.45) is 4.68. The standard InChI is InChI=1S/C26H28O6/c1-14(2)6-8-16-19(30-5)13-21-22(23(16)28)24(29)18-10-11-26(3,4)32-20-12-15(27)7-9-17(20)25(18)31-21/h6-9,12-14,27-28H,10-11H2,1-5H3. The number of benzene rings is 2. The molecule has 3 aromatic rings. The van der Waals surface area contributed by atoms with Crippen molar-refractivity contribution in [1.82, 2.24) is 0 Å². The Morgan fingerprint density at radius 3 is 2.62 bits per heavy atom. The molecule has 0 spiro atoms. The quantitative estimate of drug-likeness (QED) is 0.551. The summed E-state index contributed by atoms with van der Waals surface area (Å²) in [5.41, 5.74) is 0.878. The first-order chi connectivity index (χ1) is 15.1. The first kappa shape index (κ1) is 21.8. The monoisotopic (exact) mass is 436 g/mol. The molecule has 2 N–H and O–H groups in total. The zero-order valence-electron chi connectivity index (χ0n) is 19.0. The van der Waals surface area contributed by atoms with Gasteiger partial charge in [0.1, 0.15) is 45.3 Å². The van der Waals surface area contributed by atoms with E-state index in [-0.39, 0.29) is 33.8 Å². The molecular formula is C26H28O6. The molecule has 0 fully saturated rings. The van der Waals surface area contributed by atoms with Crippen LogP contribution >= 0.6 is 0 Å². The summed E-state index contributed by atoms with van der Waals surface area (Å²) in [5.74, 6) is 1.38. The lowest BCUT2D eigenvalue weighted by Crippen LogP contribution is -2.31. The molecule has 168 valence electrons. The Morgan fingerprint density at radius 1 is 1.19 bits per heavy atom. The minimum absolute atomic E-state index is 0.0608. The number of hydrogen-bond acceptors (Lipinski definition) is 6. The molecule has 0 radical (unpaired) electrons. The number of methoxy groups -OCH3 is 1. The van der Waals surface area contributed by atoms with E-state index in [4.69, 9.17) is 13.9 Å². The molecule has 2 heterocycles. The highest BCUT2D eigenvalue weighted by Gasteiger charge is 2.30. The molecular weight excluding hydrogens is 408 g/mol. The van der Waals surface area contributed by atoms with Crippen LogP contribution < -0.4 is 14.9 Å². The van der Waals surface area contributed by atoms with Gasteiger partial charge in [0.15, 0.2) is 5.43 Å². The third-order valence-corrected chi connectivity index (χ3v) is 5.69. The molecule has 32 heavy (non-hydrogen) atoms. The van der Waals surface area contributed by atoms with Gasteiger partial charge < -0.3 is 24.1 Å². The van der Waals surface area contributed by atoms with Crippen molar-refractivity contribution in [2.24, 2.45) is 5.92 Å². The van der Waals surface area contributed by atoms with Gasteiger partial charge in [-0.15, -0.1) is 0 Å². The zero-order valence-corrected chi connectivity index (χ0v) is 19.0. The molecule has 4 rings (SSSR count). The lowest BCUT2D eigenvalue weighted by atomic mass is 9.92. The van der Waals surface area contributed by atoms with Crippen LogP contribution in [-0.4, -0.2) is 22.9 Å². The van der Waals surface area contributed by atoms with Crippen molar-refractivity contribution >= 4 is 17.0 Å². The van der Waals surface area contributed by atoms with E-state index in [1.807, 2.05) is 33.8 Å². The summed E-state index contributed by atoms with van der Waals surface area (Å²) in [5, 5.41) is 21.2. The summed E-state index contributed by atoms with van der Waals surface area (Å²) in [6.45, 7) is 7.92. The minimum Gasteiger partial charge on any atom is -0.508 e. The first-order valence-corrected chi connectivity index (χ1v) is 10.7. The van der Waals surface area contributed by atoms with Crippen LogP contribution in [-0.2, 0) is 6.42 Å². The Morgan fingerprint density at radius 2 is 1.94 bits per heavy atom. The molecule has 0 amide bonds. The second kappa shape index (κ2) is 7.93. The number of aromatic hydroxyl groups is 2. The van der Waals surface area contributed by atoms with Gasteiger partial charge in [0, 0.05) is 17.7 Å². The number of ether oxygens (including phenoxy) is 2. The highest BCUT2D eigenvalue weighted by atomic mass is 16.5. The van der Waals surface area contributed by atoms with Crippen molar-refractivity contribution in [2.45, 2.75) is 46.1 Å². The van der Waals surface area contributed by atoms with Crippen molar-refractivity contribution < 1.29 is 24.1 Å². The van der Waals surface area contributed by atoms with Crippen molar-refractivity contribution in [3.05, 3.63) is 51.7 Å². The summed E-state index contributed by atoms with van der Waals surface area (Å²) in [6, 6.07) is 6.35. The average Bonchev–Trinajstić information content (AvgIpc) is 2.70. The van der Waals surface area contributed by atoms with E-state index in [0.717, 1.165) is 0 Å². The van der Waals surface area contributed by atoms with Crippen LogP contribution in [0.4, 0.5) is 0 Å². The van der Waals surface area contributed by atoms with Crippen molar-refractivity contribution in [1.29, 1.82) is 0 Å². The van der Waals surface area contributed by atoms with Gasteiger partial charge >= 0.3 is 0 Å². The topological polar surface area (TPSA) is 89.1 Å². The van der Waals surface area contributed by atoms with Gasteiger partial charge in [0.25, 0.3) is 0 Å². The second-order valence-electron chi connectivity index (χ2n) is 9.10. The van der Waals surface area contributed by atoms with E-state index in [1.165, 1.54) is 19.2 Å². The molecule has 0 unspecified atom stereocenters. The van der Waals surface area contributed by atoms with Crippen LogP contribution in [0.25, 0.3) is 28.4 Å². The van der Waals surface area contributed by atoms with E-state index >= 15 is 0 Å². The van der Waals surface area contributed by atoms with Gasteiger partial charge in [-0.2, -0.15) is 0 Å². The van der Waals surface area contributed by atoms with Gasteiger partial charge in [-0.3, -0.25) is 4.79 Å². The maximum Gasteiger partial charge on any atom is 0.200 e. The summed E-state index contributed by atoms with van der Waals surface area (Å²) >= 11 is 0. The molecule has 0 aliphatic carbocycles. The third-order valence-electron chi connectivity index (χ3n) is 5.69. The van der Waals surface area contributed by atoms with E-state index in [0.29, 0.717) is 46.8 Å². The van der Waals surface area contributed by atoms with Gasteiger partial charge in [-0.25, -0.2) is 0 Å². The zero-order chi connectivity index (χ0) is 23.2. The molecule has 1 aromatic heterocycles. The number of hydrogen-bond donors (Lipinski definition) is 2. The Hall–Kier alpha value is -3.41. The highest BCUT2D eigenvalue weighted by molar-refractivity contribution is 5.92. The van der Waals surface area contributed by atoms with Gasteiger partial charge in [-0.1, -0.05) is 26.0 Å². The lowest BCUT2D eigenvalue weighted by molar-refractivity contribution is 0.0986. The van der Waals surface area contributed by atoms with Crippen LogP contribution in [0.2, 0.25) is 0 Å². The molecule has 6 nitrogen and oxygen atoms in total.